The van der Waals surface area contributed by atoms with Crippen LogP contribution in [-0.4, -0.2) is 70.6 Å². The highest BCUT2D eigenvalue weighted by molar-refractivity contribution is 5.94. The van der Waals surface area contributed by atoms with Crippen molar-refractivity contribution in [1.29, 1.82) is 0 Å². The fraction of sp³-hybridized carbons (Fsp3) is 0.560. The van der Waals surface area contributed by atoms with Crippen LogP contribution in [0.15, 0.2) is 30.3 Å². The molecule has 1 amide bonds. The van der Waals surface area contributed by atoms with Crippen molar-refractivity contribution in [3.8, 4) is 11.3 Å². The number of morpholine rings is 1. The van der Waals surface area contributed by atoms with Crippen LogP contribution in [0.25, 0.3) is 11.3 Å². The normalized spacial score (nSPS) is 17.8. The highest BCUT2D eigenvalue weighted by atomic mass is 35.5. The first-order chi connectivity index (χ1) is 17.2. The summed E-state index contributed by atoms with van der Waals surface area (Å²) in [4.78, 5) is 26.7. The first kappa shape index (κ1) is 28.9. The summed E-state index contributed by atoms with van der Waals surface area (Å²) >= 11 is 0. The van der Waals surface area contributed by atoms with Crippen LogP contribution in [-0.2, 0) is 15.7 Å². The van der Waals surface area contributed by atoms with Crippen molar-refractivity contribution < 1.29 is 32.6 Å². The summed E-state index contributed by atoms with van der Waals surface area (Å²) in [6, 6.07) is 5.93. The third-order valence-corrected chi connectivity index (χ3v) is 6.80. The number of rotatable bonds is 9. The zero-order valence-electron chi connectivity index (χ0n) is 20.4. The van der Waals surface area contributed by atoms with E-state index in [1.807, 2.05) is 0 Å². The molecule has 1 aromatic heterocycles. The molecule has 1 aliphatic carbocycles. The van der Waals surface area contributed by atoms with Crippen LogP contribution in [0.4, 0.5) is 13.2 Å². The Hall–Kier alpha value is -2.63. The number of amides is 1. The van der Waals surface area contributed by atoms with Gasteiger partial charge in [0.15, 0.2) is 5.69 Å². The van der Waals surface area contributed by atoms with Gasteiger partial charge in [0.25, 0.3) is 5.91 Å². The highest BCUT2D eigenvalue weighted by Gasteiger charge is 2.35. The molecule has 12 heteroatoms. The molecule has 8 nitrogen and oxygen atoms in total. The van der Waals surface area contributed by atoms with Gasteiger partial charge in [-0.3, -0.25) is 19.2 Å². The Morgan fingerprint density at radius 3 is 2.49 bits per heavy atom. The second-order valence-corrected chi connectivity index (χ2v) is 9.35. The van der Waals surface area contributed by atoms with E-state index in [9.17, 15) is 27.9 Å². The third kappa shape index (κ3) is 7.45. The van der Waals surface area contributed by atoms with Crippen molar-refractivity contribution in [2.24, 2.45) is 0 Å². The molecule has 4 rings (SSSR count). The molecule has 0 bridgehead atoms. The van der Waals surface area contributed by atoms with Gasteiger partial charge in [-0.1, -0.05) is 31.0 Å². The molecule has 37 heavy (non-hydrogen) atoms. The van der Waals surface area contributed by atoms with Crippen molar-refractivity contribution >= 4 is 24.3 Å². The van der Waals surface area contributed by atoms with E-state index in [0.717, 1.165) is 44.8 Å². The Morgan fingerprint density at radius 1 is 1.16 bits per heavy atom. The summed E-state index contributed by atoms with van der Waals surface area (Å²) in [5.41, 5.74) is -0.595. The molecule has 0 radical (unpaired) electrons. The zero-order chi connectivity index (χ0) is 25.7. The first-order valence-electron chi connectivity index (χ1n) is 12.3. The number of benzene rings is 1. The number of alkyl halides is 3. The van der Waals surface area contributed by atoms with Crippen LogP contribution < -0.4 is 5.32 Å². The van der Waals surface area contributed by atoms with E-state index in [1.165, 1.54) is 24.3 Å². The van der Waals surface area contributed by atoms with Crippen LogP contribution in [0, 0.1) is 0 Å². The molecule has 2 heterocycles. The summed E-state index contributed by atoms with van der Waals surface area (Å²) in [6.07, 6.45) is -0.982. The van der Waals surface area contributed by atoms with Gasteiger partial charge in [-0.2, -0.15) is 18.3 Å². The molecule has 1 atom stereocenters. The maximum Gasteiger partial charge on any atom is 0.417 e. The van der Waals surface area contributed by atoms with E-state index in [0.29, 0.717) is 26.2 Å². The maximum atomic E-state index is 13.8. The van der Waals surface area contributed by atoms with Gasteiger partial charge in [-0.15, -0.1) is 12.4 Å². The quantitative estimate of drug-likeness (QED) is 0.486. The SMILES string of the molecule is Cl.O=C(O)C[C@H](CCN1CCOCC1)NC(=O)c1cc(-c2ccccc2C(F)(F)F)n(C2CCCC2)n1. The average Bonchev–Trinajstić information content (AvgIpc) is 3.52. The average molecular weight is 545 g/mol. The van der Waals surface area contributed by atoms with Gasteiger partial charge >= 0.3 is 12.1 Å². The number of halogens is 4. The molecular formula is C25H32ClF3N4O4. The molecule has 2 N–H and O–H groups in total. The number of carboxylic acids is 1. The van der Waals surface area contributed by atoms with Gasteiger partial charge in [0.05, 0.1) is 36.9 Å². The van der Waals surface area contributed by atoms with Crippen LogP contribution in [0.5, 0.6) is 0 Å². The molecule has 1 saturated carbocycles. The van der Waals surface area contributed by atoms with E-state index in [2.05, 4.69) is 15.3 Å². The smallest absolute Gasteiger partial charge is 0.417 e. The maximum absolute atomic E-state index is 13.8. The molecule has 1 aromatic carbocycles. The van der Waals surface area contributed by atoms with Gasteiger partial charge in [0.2, 0.25) is 0 Å². The van der Waals surface area contributed by atoms with E-state index in [4.69, 9.17) is 4.74 Å². The second-order valence-electron chi connectivity index (χ2n) is 9.35. The minimum Gasteiger partial charge on any atom is -0.481 e. The highest BCUT2D eigenvalue weighted by Crippen LogP contribution is 2.40. The van der Waals surface area contributed by atoms with Crippen molar-refractivity contribution in [1.82, 2.24) is 20.0 Å². The Labute approximate surface area is 219 Å². The summed E-state index contributed by atoms with van der Waals surface area (Å²) in [6.45, 7) is 3.29. The Balaban J connectivity index is 0.00000380. The number of nitrogens with zero attached hydrogens (tertiary/aromatic N) is 3. The molecule has 1 saturated heterocycles. The van der Waals surface area contributed by atoms with Crippen molar-refractivity contribution in [2.45, 2.75) is 56.8 Å². The number of nitrogens with one attached hydrogen (secondary N) is 1. The number of carbonyl (C=O) groups excluding carboxylic acids is 1. The van der Waals surface area contributed by atoms with Crippen LogP contribution in [0.1, 0.15) is 60.6 Å². The lowest BCUT2D eigenvalue weighted by atomic mass is 10.0. The second kappa shape index (κ2) is 12.7. The number of carboxylic acid groups (broad SMARTS) is 1. The molecule has 204 valence electrons. The molecule has 0 unspecified atom stereocenters. The molecule has 0 spiro atoms. The lowest BCUT2D eigenvalue weighted by molar-refractivity contribution is -0.138. The lowest BCUT2D eigenvalue weighted by Gasteiger charge is -2.28. The molecular weight excluding hydrogens is 513 g/mol. The van der Waals surface area contributed by atoms with E-state index in [-0.39, 0.29) is 41.8 Å². The van der Waals surface area contributed by atoms with Gasteiger partial charge in [0, 0.05) is 31.2 Å². The third-order valence-electron chi connectivity index (χ3n) is 6.80. The van der Waals surface area contributed by atoms with E-state index in [1.54, 1.807) is 4.68 Å². The van der Waals surface area contributed by atoms with Gasteiger partial charge < -0.3 is 15.2 Å². The number of hydrogen-bond donors (Lipinski definition) is 2. The predicted octanol–water partition coefficient (Wildman–Crippen LogP) is 4.40. The predicted molar refractivity (Wildman–Crippen MR) is 133 cm³/mol. The van der Waals surface area contributed by atoms with Crippen LogP contribution >= 0.6 is 12.4 Å². The fourth-order valence-corrected chi connectivity index (χ4v) is 4.95. The standard InChI is InChI=1S/C25H31F3N4O4.ClH/c26-25(27,28)20-8-4-3-7-19(20)22-16-21(30-32(22)18-5-1-2-6-18)24(35)29-17(15-23(33)34)9-10-31-11-13-36-14-12-31;/h3-4,7-8,16-18H,1-2,5-6,9-15H2,(H,29,35)(H,33,34);1H/t17-;/m0./s1. The monoisotopic (exact) mass is 544 g/mol. The minimum absolute atomic E-state index is 0. The van der Waals surface area contributed by atoms with Crippen molar-refractivity contribution in [3.05, 3.63) is 41.6 Å². The topological polar surface area (TPSA) is 96.7 Å². The minimum atomic E-state index is -4.56. The molecule has 2 aromatic rings. The Morgan fingerprint density at radius 2 is 1.84 bits per heavy atom. The molecule has 2 aliphatic rings. The van der Waals surface area contributed by atoms with Gasteiger partial charge in [-0.05, 0) is 31.4 Å². The van der Waals surface area contributed by atoms with E-state index < -0.39 is 29.7 Å². The van der Waals surface area contributed by atoms with Crippen molar-refractivity contribution in [3.63, 3.8) is 0 Å². The summed E-state index contributed by atoms with van der Waals surface area (Å²) in [7, 11) is 0. The summed E-state index contributed by atoms with van der Waals surface area (Å²) in [5.74, 6) is -1.63. The fourth-order valence-electron chi connectivity index (χ4n) is 4.95. The van der Waals surface area contributed by atoms with Gasteiger partial charge in [0.1, 0.15) is 0 Å². The number of aromatic nitrogens is 2. The van der Waals surface area contributed by atoms with Crippen LogP contribution in [0.2, 0.25) is 0 Å². The van der Waals surface area contributed by atoms with E-state index >= 15 is 0 Å². The van der Waals surface area contributed by atoms with Crippen molar-refractivity contribution in [2.75, 3.05) is 32.8 Å². The molecule has 2 fully saturated rings. The summed E-state index contributed by atoms with van der Waals surface area (Å²) in [5, 5.41) is 16.5. The lowest BCUT2D eigenvalue weighted by Crippen LogP contribution is -2.42. The van der Waals surface area contributed by atoms with Gasteiger partial charge in [-0.25, -0.2) is 0 Å². The number of hydrogen-bond acceptors (Lipinski definition) is 5. The number of ether oxygens (including phenoxy) is 1. The number of carbonyl (C=O) groups is 2. The van der Waals surface area contributed by atoms with Crippen LogP contribution in [0.3, 0.4) is 0 Å². The number of aliphatic carboxylic acids is 1. The Kier molecular flexibility index (Phi) is 9.97. The largest absolute Gasteiger partial charge is 0.481 e. The summed E-state index contributed by atoms with van der Waals surface area (Å²) < 4.78 is 48.2. The molecule has 1 aliphatic heterocycles. The Bertz CT molecular complexity index is 1070. The zero-order valence-corrected chi connectivity index (χ0v) is 21.2. The first-order valence-corrected chi connectivity index (χ1v) is 12.3.